The number of methoxy groups -OCH3 is 1. The van der Waals surface area contributed by atoms with Crippen LogP contribution in [0.2, 0.25) is 0 Å². The van der Waals surface area contributed by atoms with Gasteiger partial charge in [0, 0.05) is 13.2 Å². The molecule has 0 radical (unpaired) electrons. The smallest absolute Gasteiger partial charge is 0.230 e. The predicted octanol–water partition coefficient (Wildman–Crippen LogP) is 1.99. The SMILES string of the molecule is COCC(C)NC(=O)CSc1nnc(NCc2ccco2)s1. The maximum absolute atomic E-state index is 11.7. The molecule has 1 unspecified atom stereocenters. The number of amides is 1. The van der Waals surface area contributed by atoms with E-state index in [2.05, 4.69) is 20.8 Å². The number of aromatic nitrogens is 2. The third kappa shape index (κ3) is 5.66. The Morgan fingerprint density at radius 2 is 2.41 bits per heavy atom. The van der Waals surface area contributed by atoms with Crippen LogP contribution in [0.15, 0.2) is 27.2 Å². The molecule has 0 bridgehead atoms. The zero-order chi connectivity index (χ0) is 15.8. The maximum atomic E-state index is 11.7. The number of nitrogens with one attached hydrogen (secondary N) is 2. The Balaban J connectivity index is 1.71. The summed E-state index contributed by atoms with van der Waals surface area (Å²) in [5.74, 6) is 1.09. The second-order valence-electron chi connectivity index (χ2n) is 4.52. The summed E-state index contributed by atoms with van der Waals surface area (Å²) in [5.41, 5.74) is 0. The van der Waals surface area contributed by atoms with Gasteiger partial charge < -0.3 is 19.8 Å². The Hall–Kier alpha value is -1.58. The van der Waals surface area contributed by atoms with Crippen molar-refractivity contribution in [3.05, 3.63) is 24.2 Å². The number of rotatable bonds is 9. The van der Waals surface area contributed by atoms with Gasteiger partial charge in [-0.2, -0.15) is 0 Å². The van der Waals surface area contributed by atoms with E-state index in [1.807, 2.05) is 19.1 Å². The first-order chi connectivity index (χ1) is 10.7. The van der Waals surface area contributed by atoms with Crippen LogP contribution in [0.25, 0.3) is 0 Å². The minimum absolute atomic E-state index is 0.00181. The summed E-state index contributed by atoms with van der Waals surface area (Å²) >= 11 is 2.77. The highest BCUT2D eigenvalue weighted by Gasteiger charge is 2.10. The molecule has 2 heterocycles. The van der Waals surface area contributed by atoms with Gasteiger partial charge in [0.05, 0.1) is 25.2 Å². The molecule has 0 aliphatic rings. The highest BCUT2D eigenvalue weighted by Crippen LogP contribution is 2.25. The fourth-order valence-electron chi connectivity index (χ4n) is 1.65. The normalized spacial score (nSPS) is 12.1. The number of nitrogens with zero attached hydrogens (tertiary/aromatic N) is 2. The molecule has 0 aliphatic heterocycles. The van der Waals surface area contributed by atoms with Crippen molar-refractivity contribution in [1.29, 1.82) is 0 Å². The second kappa shape index (κ2) is 8.76. The van der Waals surface area contributed by atoms with Gasteiger partial charge in [-0.3, -0.25) is 4.79 Å². The Bertz CT molecular complexity index is 574. The summed E-state index contributed by atoms with van der Waals surface area (Å²) in [6.07, 6.45) is 1.63. The molecule has 0 fully saturated rings. The van der Waals surface area contributed by atoms with Crippen LogP contribution in [0.4, 0.5) is 5.13 Å². The lowest BCUT2D eigenvalue weighted by Gasteiger charge is -2.11. The molecule has 0 aliphatic carbocycles. The van der Waals surface area contributed by atoms with Crippen LogP contribution in [0.3, 0.4) is 0 Å². The van der Waals surface area contributed by atoms with Crippen LogP contribution in [-0.2, 0) is 16.1 Å². The summed E-state index contributed by atoms with van der Waals surface area (Å²) in [6.45, 7) is 2.95. The van der Waals surface area contributed by atoms with Crippen LogP contribution >= 0.6 is 23.1 Å². The van der Waals surface area contributed by atoms with Crippen molar-refractivity contribution in [3.8, 4) is 0 Å². The fraction of sp³-hybridized carbons (Fsp3) is 0.462. The monoisotopic (exact) mass is 342 g/mol. The number of hydrogen-bond acceptors (Lipinski definition) is 8. The van der Waals surface area contributed by atoms with Crippen molar-refractivity contribution in [2.75, 3.05) is 24.8 Å². The number of hydrogen-bond donors (Lipinski definition) is 2. The van der Waals surface area contributed by atoms with Crippen LogP contribution < -0.4 is 10.6 Å². The van der Waals surface area contributed by atoms with Crippen molar-refractivity contribution in [2.45, 2.75) is 23.8 Å². The van der Waals surface area contributed by atoms with Crippen LogP contribution in [-0.4, -0.2) is 41.6 Å². The minimum atomic E-state index is -0.0464. The van der Waals surface area contributed by atoms with Gasteiger partial charge in [0.15, 0.2) is 4.34 Å². The van der Waals surface area contributed by atoms with Crippen molar-refractivity contribution in [3.63, 3.8) is 0 Å². The van der Waals surface area contributed by atoms with E-state index in [9.17, 15) is 4.79 Å². The average molecular weight is 342 g/mol. The number of thioether (sulfide) groups is 1. The minimum Gasteiger partial charge on any atom is -0.467 e. The van der Waals surface area contributed by atoms with Crippen LogP contribution in [0.1, 0.15) is 12.7 Å². The third-order valence-electron chi connectivity index (χ3n) is 2.55. The summed E-state index contributed by atoms with van der Waals surface area (Å²) in [7, 11) is 1.61. The van der Waals surface area contributed by atoms with Gasteiger partial charge >= 0.3 is 0 Å². The molecule has 22 heavy (non-hydrogen) atoms. The Kier molecular flexibility index (Phi) is 6.69. The zero-order valence-electron chi connectivity index (χ0n) is 12.4. The van der Waals surface area contributed by atoms with Gasteiger partial charge in [-0.1, -0.05) is 23.1 Å². The van der Waals surface area contributed by atoms with Crippen molar-refractivity contribution in [1.82, 2.24) is 15.5 Å². The predicted molar refractivity (Wildman–Crippen MR) is 86.1 cm³/mol. The molecule has 0 aromatic carbocycles. The van der Waals surface area contributed by atoms with E-state index in [4.69, 9.17) is 9.15 Å². The van der Waals surface area contributed by atoms with Crippen LogP contribution in [0.5, 0.6) is 0 Å². The molecule has 0 saturated heterocycles. The molecule has 0 saturated carbocycles. The van der Waals surface area contributed by atoms with Gasteiger partial charge in [-0.15, -0.1) is 10.2 Å². The molecular formula is C13H18N4O3S2. The fourth-order valence-corrected chi connectivity index (χ4v) is 3.21. The topological polar surface area (TPSA) is 89.3 Å². The largest absolute Gasteiger partial charge is 0.467 e. The lowest BCUT2D eigenvalue weighted by molar-refractivity contribution is -0.119. The standard InChI is InChI=1S/C13H18N4O3S2/c1-9(7-19-2)15-11(18)8-21-13-17-16-12(22-13)14-6-10-4-3-5-20-10/h3-5,9H,6-8H2,1-2H3,(H,14,16)(H,15,18). The van der Waals surface area contributed by atoms with E-state index >= 15 is 0 Å². The molecular weight excluding hydrogens is 324 g/mol. The molecule has 9 heteroatoms. The van der Waals surface area contributed by atoms with E-state index < -0.39 is 0 Å². The summed E-state index contributed by atoms with van der Waals surface area (Å²) in [5, 5.41) is 14.7. The van der Waals surface area contributed by atoms with E-state index in [1.165, 1.54) is 23.1 Å². The maximum Gasteiger partial charge on any atom is 0.230 e. The Morgan fingerprint density at radius 3 is 3.14 bits per heavy atom. The Morgan fingerprint density at radius 1 is 1.55 bits per heavy atom. The Labute approximate surface area is 136 Å². The molecule has 2 N–H and O–H groups in total. The molecule has 7 nitrogen and oxygen atoms in total. The second-order valence-corrected chi connectivity index (χ2v) is 6.72. The van der Waals surface area contributed by atoms with Gasteiger partial charge in [0.2, 0.25) is 11.0 Å². The van der Waals surface area contributed by atoms with E-state index in [0.29, 0.717) is 24.0 Å². The molecule has 1 atom stereocenters. The van der Waals surface area contributed by atoms with Gasteiger partial charge in [0.1, 0.15) is 5.76 Å². The number of ether oxygens (including phenoxy) is 1. The molecule has 2 aromatic heterocycles. The summed E-state index contributed by atoms with van der Waals surface area (Å²) in [6, 6.07) is 3.72. The lowest BCUT2D eigenvalue weighted by atomic mass is 10.3. The molecule has 2 rings (SSSR count). The van der Waals surface area contributed by atoms with Gasteiger partial charge in [0.25, 0.3) is 0 Å². The van der Waals surface area contributed by atoms with Gasteiger partial charge in [-0.05, 0) is 19.1 Å². The number of carbonyl (C=O) groups is 1. The first kappa shape index (κ1) is 16.8. The molecule has 0 spiro atoms. The number of carbonyl (C=O) groups excluding carboxylic acids is 1. The van der Waals surface area contributed by atoms with Crippen molar-refractivity contribution in [2.24, 2.45) is 0 Å². The van der Waals surface area contributed by atoms with E-state index in [0.717, 1.165) is 10.1 Å². The zero-order valence-corrected chi connectivity index (χ0v) is 14.0. The molecule has 2 aromatic rings. The average Bonchev–Trinajstić information content (AvgIpc) is 3.15. The summed E-state index contributed by atoms with van der Waals surface area (Å²) in [4.78, 5) is 11.7. The quantitative estimate of drug-likeness (QED) is 0.674. The van der Waals surface area contributed by atoms with Crippen molar-refractivity contribution < 1.29 is 13.9 Å². The molecule has 1 amide bonds. The van der Waals surface area contributed by atoms with Gasteiger partial charge in [-0.25, -0.2) is 0 Å². The van der Waals surface area contributed by atoms with Crippen LogP contribution in [0, 0.1) is 0 Å². The highest BCUT2D eigenvalue weighted by molar-refractivity contribution is 8.01. The third-order valence-corrected chi connectivity index (χ3v) is 4.57. The number of furan rings is 1. The first-order valence-corrected chi connectivity index (χ1v) is 8.48. The summed E-state index contributed by atoms with van der Waals surface area (Å²) < 4.78 is 10.9. The van der Waals surface area contributed by atoms with E-state index in [-0.39, 0.29) is 11.9 Å². The first-order valence-electron chi connectivity index (χ1n) is 6.68. The van der Waals surface area contributed by atoms with Crippen molar-refractivity contribution >= 4 is 34.1 Å². The lowest BCUT2D eigenvalue weighted by Crippen LogP contribution is -2.36. The molecule has 120 valence electrons. The number of anilines is 1. The van der Waals surface area contributed by atoms with E-state index in [1.54, 1.807) is 13.4 Å². The highest BCUT2D eigenvalue weighted by atomic mass is 32.2.